The summed E-state index contributed by atoms with van der Waals surface area (Å²) in [5.41, 5.74) is 6.11. The fraction of sp³-hybridized carbons (Fsp3) is 0.304. The number of aromatic nitrogens is 2. The number of fused-ring (bicyclic) bond motifs is 1. The van der Waals surface area contributed by atoms with Crippen molar-refractivity contribution in [3.05, 3.63) is 77.5 Å². The number of hydrazine groups is 2. The van der Waals surface area contributed by atoms with E-state index in [2.05, 4.69) is 20.9 Å². The summed E-state index contributed by atoms with van der Waals surface area (Å²) in [6.45, 7) is 0.426. The third kappa shape index (κ3) is 4.73. The summed E-state index contributed by atoms with van der Waals surface area (Å²) >= 11 is 0. The zero-order valence-corrected chi connectivity index (χ0v) is 19.7. The van der Waals surface area contributed by atoms with Gasteiger partial charge in [0.1, 0.15) is 17.3 Å². The first kappa shape index (κ1) is 24.4. The van der Waals surface area contributed by atoms with Gasteiger partial charge in [-0.3, -0.25) is 10.4 Å². The van der Waals surface area contributed by atoms with Crippen LogP contribution in [0.4, 0.5) is 29.1 Å². The predicted octanol–water partition coefficient (Wildman–Crippen LogP) is 4.05. The molecule has 3 heterocycles. The van der Waals surface area contributed by atoms with E-state index in [1.54, 1.807) is 23.3 Å². The van der Waals surface area contributed by atoms with E-state index in [1.165, 1.54) is 24.3 Å². The fourth-order valence-electron chi connectivity index (χ4n) is 4.41. The number of halogens is 4. The van der Waals surface area contributed by atoms with Crippen LogP contribution in [-0.4, -0.2) is 35.8 Å². The van der Waals surface area contributed by atoms with Gasteiger partial charge in [0.2, 0.25) is 10.0 Å². The van der Waals surface area contributed by atoms with E-state index in [-0.39, 0.29) is 24.8 Å². The lowest BCUT2D eigenvalue weighted by Gasteiger charge is -2.31. The summed E-state index contributed by atoms with van der Waals surface area (Å²) in [7, 11) is -4.32. The number of nitrogens with one attached hydrogen (secondary N) is 2. The lowest BCUT2D eigenvalue weighted by molar-refractivity contribution is -0.139. The van der Waals surface area contributed by atoms with Gasteiger partial charge in [0.05, 0.1) is 23.2 Å². The van der Waals surface area contributed by atoms with Crippen LogP contribution in [0.3, 0.4) is 0 Å². The fourth-order valence-corrected chi connectivity index (χ4v) is 6.09. The van der Waals surface area contributed by atoms with Gasteiger partial charge < -0.3 is 0 Å². The molecule has 2 aliphatic rings. The molecule has 0 amide bonds. The maximum Gasteiger partial charge on any atom is 0.417 e. The Morgan fingerprint density at radius 3 is 2.53 bits per heavy atom. The average molecular weight is 523 g/mol. The van der Waals surface area contributed by atoms with E-state index in [0.717, 1.165) is 22.0 Å². The van der Waals surface area contributed by atoms with Gasteiger partial charge in [-0.1, -0.05) is 24.3 Å². The van der Waals surface area contributed by atoms with Crippen molar-refractivity contribution in [2.75, 3.05) is 23.5 Å². The van der Waals surface area contributed by atoms with E-state index in [9.17, 15) is 26.0 Å². The second kappa shape index (κ2) is 9.30. The highest BCUT2D eigenvalue weighted by Gasteiger charge is 2.40. The van der Waals surface area contributed by atoms with Gasteiger partial charge in [-0.25, -0.2) is 22.8 Å². The van der Waals surface area contributed by atoms with Crippen LogP contribution in [-0.2, 0) is 22.7 Å². The molecular weight excluding hydrogens is 500 g/mol. The minimum atomic E-state index is -4.78. The van der Waals surface area contributed by atoms with Gasteiger partial charge in [-0.15, -0.1) is 5.53 Å². The third-order valence-electron chi connectivity index (χ3n) is 6.23. The molecule has 1 saturated heterocycles. The highest BCUT2D eigenvalue weighted by molar-refractivity contribution is 7.89. The summed E-state index contributed by atoms with van der Waals surface area (Å²) < 4.78 is 80.9. The average Bonchev–Trinajstić information content (AvgIpc) is 3.25. The summed E-state index contributed by atoms with van der Waals surface area (Å²) in [5, 5.41) is 1.71. The quantitative estimate of drug-likeness (QED) is 0.489. The lowest BCUT2D eigenvalue weighted by Crippen LogP contribution is -2.39. The van der Waals surface area contributed by atoms with Crippen LogP contribution in [0.15, 0.2) is 59.6 Å². The molecule has 0 saturated carbocycles. The largest absolute Gasteiger partial charge is 0.417 e. The third-order valence-corrected chi connectivity index (χ3v) is 8.18. The van der Waals surface area contributed by atoms with E-state index in [4.69, 9.17) is 0 Å². The lowest BCUT2D eigenvalue weighted by atomic mass is 9.97. The molecule has 190 valence electrons. The molecule has 5 rings (SSSR count). The summed E-state index contributed by atoms with van der Waals surface area (Å²) in [6, 6.07) is 10.4. The SMILES string of the molecule is O=S(=O)(c1ccccc1C(F)(F)F)N1CCC(c2ncc3c(n2)N(Cc2cccc(F)c2)NN3)CC1. The zero-order valence-electron chi connectivity index (χ0n) is 18.8. The zero-order chi connectivity index (χ0) is 25.5. The molecule has 1 fully saturated rings. The second-order valence-corrected chi connectivity index (χ2v) is 10.5. The molecule has 0 atom stereocenters. The predicted molar refractivity (Wildman–Crippen MR) is 124 cm³/mol. The number of piperidine rings is 1. The van der Waals surface area contributed by atoms with Crippen LogP contribution in [0.1, 0.15) is 35.7 Å². The van der Waals surface area contributed by atoms with Crippen molar-refractivity contribution in [1.29, 1.82) is 0 Å². The van der Waals surface area contributed by atoms with Crippen LogP contribution in [0.2, 0.25) is 0 Å². The topological polar surface area (TPSA) is 90.5 Å². The Labute approximate surface area is 205 Å². The first-order valence-corrected chi connectivity index (χ1v) is 12.6. The molecule has 3 aromatic rings. The molecule has 2 N–H and O–H groups in total. The van der Waals surface area contributed by atoms with Crippen LogP contribution >= 0.6 is 0 Å². The molecule has 2 aromatic carbocycles. The standard InChI is InChI=1S/C23H22F4N6O2S/c24-17-5-3-4-15(12-17)14-33-22-19(30-31-33)13-28-21(29-22)16-8-10-32(11-9-16)36(34,35)20-7-2-1-6-18(20)23(25,26)27/h1-7,12-13,16,30-31H,8-11,14H2. The maximum absolute atomic E-state index is 13.6. The molecule has 0 spiro atoms. The van der Waals surface area contributed by atoms with Gasteiger partial charge in [0.25, 0.3) is 0 Å². The smallest absolute Gasteiger partial charge is 0.299 e. The number of hydrogen-bond donors (Lipinski definition) is 2. The number of benzene rings is 2. The van der Waals surface area contributed by atoms with Gasteiger partial charge in [-0.2, -0.15) is 17.5 Å². The van der Waals surface area contributed by atoms with Crippen molar-refractivity contribution < 1.29 is 26.0 Å². The van der Waals surface area contributed by atoms with Crippen molar-refractivity contribution in [2.45, 2.75) is 36.4 Å². The Morgan fingerprint density at radius 2 is 1.81 bits per heavy atom. The van der Waals surface area contributed by atoms with Gasteiger partial charge in [0, 0.05) is 19.0 Å². The highest BCUT2D eigenvalue weighted by atomic mass is 32.2. The van der Waals surface area contributed by atoms with Crippen LogP contribution in [0.5, 0.6) is 0 Å². The first-order valence-electron chi connectivity index (χ1n) is 11.2. The second-order valence-electron chi connectivity index (χ2n) is 8.59. The number of nitrogens with zero attached hydrogens (tertiary/aromatic N) is 4. The molecule has 8 nitrogen and oxygen atoms in total. The molecule has 36 heavy (non-hydrogen) atoms. The molecule has 0 unspecified atom stereocenters. The van der Waals surface area contributed by atoms with E-state index >= 15 is 0 Å². The Bertz CT molecular complexity index is 1380. The molecule has 0 bridgehead atoms. The molecule has 2 aliphatic heterocycles. The Hall–Kier alpha value is -3.29. The summed E-state index contributed by atoms with van der Waals surface area (Å²) in [6.07, 6.45) is -2.45. The monoisotopic (exact) mass is 522 g/mol. The minimum Gasteiger partial charge on any atom is -0.299 e. The number of rotatable bonds is 5. The summed E-state index contributed by atoms with van der Waals surface area (Å²) in [5.74, 6) is 0.564. The van der Waals surface area contributed by atoms with Crippen molar-refractivity contribution >= 4 is 21.5 Å². The normalized spacial score (nSPS) is 17.2. The number of alkyl halides is 3. The van der Waals surface area contributed by atoms with Crippen molar-refractivity contribution in [3.63, 3.8) is 0 Å². The Kier molecular flexibility index (Phi) is 6.30. The first-order chi connectivity index (χ1) is 17.1. The van der Waals surface area contributed by atoms with Crippen molar-refractivity contribution in [2.24, 2.45) is 0 Å². The Balaban J connectivity index is 1.31. The molecule has 13 heteroatoms. The van der Waals surface area contributed by atoms with Crippen LogP contribution in [0.25, 0.3) is 0 Å². The van der Waals surface area contributed by atoms with Crippen molar-refractivity contribution in [1.82, 2.24) is 19.8 Å². The molecule has 1 aromatic heterocycles. The highest BCUT2D eigenvalue weighted by Crippen LogP contribution is 2.37. The molecular formula is C23H22F4N6O2S. The summed E-state index contributed by atoms with van der Waals surface area (Å²) in [4.78, 5) is 8.31. The maximum atomic E-state index is 13.6. The Morgan fingerprint density at radius 1 is 1.06 bits per heavy atom. The van der Waals surface area contributed by atoms with Gasteiger partial charge in [-0.05, 0) is 42.7 Å². The van der Waals surface area contributed by atoms with E-state index in [0.29, 0.717) is 36.7 Å². The van der Waals surface area contributed by atoms with E-state index < -0.39 is 26.7 Å². The van der Waals surface area contributed by atoms with Crippen LogP contribution in [0, 0.1) is 5.82 Å². The number of hydrogen-bond acceptors (Lipinski definition) is 7. The molecule has 0 aliphatic carbocycles. The number of anilines is 2. The van der Waals surface area contributed by atoms with Gasteiger partial charge in [0.15, 0.2) is 5.82 Å². The van der Waals surface area contributed by atoms with Crippen molar-refractivity contribution in [3.8, 4) is 0 Å². The van der Waals surface area contributed by atoms with Crippen LogP contribution < -0.4 is 16.0 Å². The minimum absolute atomic E-state index is 0.0448. The van der Waals surface area contributed by atoms with Gasteiger partial charge >= 0.3 is 6.18 Å². The number of sulfonamides is 1. The van der Waals surface area contributed by atoms with E-state index in [1.807, 2.05) is 0 Å². The molecule has 0 radical (unpaired) electrons.